The van der Waals surface area contributed by atoms with Crippen LogP contribution in [-0.2, 0) is 0 Å². The standard InChI is InChI=1S/C22H20N2OS/c23-22-24-19(20(25)17-9-5-2-6-10-17)21(26-22)18-13-11-16(12-14-18)15-7-3-1-4-8-15/h1-14,19-21,25H,(H2,23,24)/t19-,20-,21+/m1/s1. The van der Waals surface area contributed by atoms with Crippen LogP contribution in [0.3, 0.4) is 0 Å². The number of nitrogens with zero attached hydrogens (tertiary/aromatic N) is 1. The Bertz CT molecular complexity index is 894. The highest BCUT2D eigenvalue weighted by Crippen LogP contribution is 2.44. The van der Waals surface area contributed by atoms with Crippen molar-refractivity contribution in [3.05, 3.63) is 96.1 Å². The van der Waals surface area contributed by atoms with Crippen molar-refractivity contribution in [2.75, 3.05) is 0 Å². The second-order valence-corrected chi connectivity index (χ2v) is 7.50. The predicted octanol–water partition coefficient (Wildman–Crippen LogP) is 4.56. The van der Waals surface area contributed by atoms with Crippen molar-refractivity contribution in [1.82, 2.24) is 0 Å². The first kappa shape index (κ1) is 16.9. The quantitative estimate of drug-likeness (QED) is 0.717. The van der Waals surface area contributed by atoms with E-state index in [4.69, 9.17) is 5.73 Å². The van der Waals surface area contributed by atoms with E-state index in [-0.39, 0.29) is 11.3 Å². The molecule has 1 heterocycles. The van der Waals surface area contributed by atoms with Crippen LogP contribution >= 0.6 is 11.8 Å². The lowest BCUT2D eigenvalue weighted by atomic mass is 9.95. The molecule has 3 nitrogen and oxygen atoms in total. The van der Waals surface area contributed by atoms with Gasteiger partial charge in [0.15, 0.2) is 5.17 Å². The van der Waals surface area contributed by atoms with E-state index in [2.05, 4.69) is 41.4 Å². The first-order valence-corrected chi connectivity index (χ1v) is 9.48. The maximum atomic E-state index is 10.8. The number of hydrogen-bond acceptors (Lipinski definition) is 4. The summed E-state index contributed by atoms with van der Waals surface area (Å²) >= 11 is 1.52. The van der Waals surface area contributed by atoms with Gasteiger partial charge >= 0.3 is 0 Å². The number of thioether (sulfide) groups is 1. The molecule has 0 aromatic heterocycles. The van der Waals surface area contributed by atoms with Crippen LogP contribution in [0.5, 0.6) is 0 Å². The fourth-order valence-electron chi connectivity index (χ4n) is 3.29. The van der Waals surface area contributed by atoms with Gasteiger partial charge < -0.3 is 10.8 Å². The van der Waals surface area contributed by atoms with Gasteiger partial charge in [0.1, 0.15) is 6.10 Å². The van der Waals surface area contributed by atoms with Crippen molar-refractivity contribution in [3.63, 3.8) is 0 Å². The number of aliphatic hydroxyl groups is 1. The van der Waals surface area contributed by atoms with Crippen molar-refractivity contribution in [1.29, 1.82) is 0 Å². The first-order chi connectivity index (χ1) is 12.7. The molecule has 0 saturated heterocycles. The van der Waals surface area contributed by atoms with Gasteiger partial charge in [0.25, 0.3) is 0 Å². The lowest BCUT2D eigenvalue weighted by molar-refractivity contribution is 0.147. The number of aliphatic imine (C=N–C) groups is 1. The monoisotopic (exact) mass is 360 g/mol. The van der Waals surface area contributed by atoms with Crippen molar-refractivity contribution in [2.45, 2.75) is 17.4 Å². The SMILES string of the molecule is NC1=N[C@H]([C@H](O)c2ccccc2)[C@H](c2ccc(-c3ccccc3)cc2)S1. The largest absolute Gasteiger partial charge is 0.386 e. The summed E-state index contributed by atoms with van der Waals surface area (Å²) in [5.41, 5.74) is 10.3. The molecule has 0 amide bonds. The van der Waals surface area contributed by atoms with Crippen LogP contribution in [-0.4, -0.2) is 16.3 Å². The summed E-state index contributed by atoms with van der Waals surface area (Å²) in [6.07, 6.45) is -0.677. The Morgan fingerprint density at radius 3 is 2.04 bits per heavy atom. The van der Waals surface area contributed by atoms with Gasteiger partial charge in [-0.1, -0.05) is 96.7 Å². The highest BCUT2D eigenvalue weighted by atomic mass is 32.2. The first-order valence-electron chi connectivity index (χ1n) is 8.61. The molecule has 26 heavy (non-hydrogen) atoms. The number of amidine groups is 1. The molecule has 0 bridgehead atoms. The molecule has 0 aliphatic carbocycles. The van der Waals surface area contributed by atoms with Gasteiger partial charge in [-0.25, -0.2) is 0 Å². The predicted molar refractivity (Wildman–Crippen MR) is 109 cm³/mol. The number of aliphatic hydroxyl groups excluding tert-OH is 1. The summed E-state index contributed by atoms with van der Waals surface area (Å²) in [7, 11) is 0. The van der Waals surface area contributed by atoms with Crippen LogP contribution in [0.2, 0.25) is 0 Å². The molecule has 3 aromatic carbocycles. The van der Waals surface area contributed by atoms with Crippen LogP contribution < -0.4 is 5.73 Å². The summed E-state index contributed by atoms with van der Waals surface area (Å²) < 4.78 is 0. The Morgan fingerprint density at radius 1 is 0.808 bits per heavy atom. The summed E-state index contributed by atoms with van der Waals surface area (Å²) in [6.45, 7) is 0. The Balaban J connectivity index is 1.60. The zero-order valence-electron chi connectivity index (χ0n) is 14.2. The number of rotatable bonds is 4. The lowest BCUT2D eigenvalue weighted by Gasteiger charge is -2.23. The van der Waals surface area contributed by atoms with E-state index in [1.165, 1.54) is 22.9 Å². The van der Waals surface area contributed by atoms with E-state index in [1.54, 1.807) is 0 Å². The second kappa shape index (κ2) is 7.36. The van der Waals surface area contributed by atoms with E-state index >= 15 is 0 Å². The summed E-state index contributed by atoms with van der Waals surface area (Å²) in [4.78, 5) is 4.51. The normalized spacial score (nSPS) is 20.6. The van der Waals surface area contributed by atoms with Crippen molar-refractivity contribution in [2.24, 2.45) is 10.7 Å². The average molecular weight is 360 g/mol. The Hall–Kier alpha value is -2.56. The highest BCUT2D eigenvalue weighted by molar-refractivity contribution is 8.14. The maximum Gasteiger partial charge on any atom is 0.155 e. The van der Waals surface area contributed by atoms with Crippen molar-refractivity contribution < 1.29 is 5.11 Å². The molecule has 3 N–H and O–H groups in total. The third kappa shape index (κ3) is 3.39. The Kier molecular flexibility index (Phi) is 4.78. The third-order valence-corrected chi connectivity index (χ3v) is 5.80. The lowest BCUT2D eigenvalue weighted by Crippen LogP contribution is -2.20. The van der Waals surface area contributed by atoms with Crippen LogP contribution in [0.15, 0.2) is 89.9 Å². The van der Waals surface area contributed by atoms with Crippen LogP contribution in [0.25, 0.3) is 11.1 Å². The minimum absolute atomic E-state index is 0.00929. The maximum absolute atomic E-state index is 10.8. The summed E-state index contributed by atoms with van der Waals surface area (Å²) in [5.74, 6) is 0. The highest BCUT2D eigenvalue weighted by Gasteiger charge is 2.36. The van der Waals surface area contributed by atoms with E-state index < -0.39 is 6.10 Å². The molecule has 4 heteroatoms. The molecule has 1 aliphatic rings. The van der Waals surface area contributed by atoms with E-state index in [0.29, 0.717) is 5.17 Å². The van der Waals surface area contributed by atoms with Gasteiger partial charge in [0, 0.05) is 0 Å². The number of benzene rings is 3. The average Bonchev–Trinajstić information content (AvgIpc) is 3.10. The molecule has 0 radical (unpaired) electrons. The molecular formula is C22H20N2OS. The molecular weight excluding hydrogens is 340 g/mol. The van der Waals surface area contributed by atoms with E-state index in [1.807, 2.05) is 48.5 Å². The Labute approximate surface area is 157 Å². The van der Waals surface area contributed by atoms with Crippen LogP contribution in [0, 0.1) is 0 Å². The molecule has 3 atom stereocenters. The van der Waals surface area contributed by atoms with Crippen molar-refractivity contribution in [3.8, 4) is 11.1 Å². The summed E-state index contributed by atoms with van der Waals surface area (Å²) in [5, 5.41) is 11.4. The van der Waals surface area contributed by atoms with E-state index in [9.17, 15) is 5.11 Å². The summed E-state index contributed by atoms with van der Waals surface area (Å²) in [6, 6.07) is 28.1. The topological polar surface area (TPSA) is 58.6 Å². The third-order valence-electron chi connectivity index (χ3n) is 4.65. The minimum atomic E-state index is -0.677. The molecule has 0 saturated carbocycles. The molecule has 130 valence electrons. The smallest absolute Gasteiger partial charge is 0.155 e. The van der Waals surface area contributed by atoms with Crippen LogP contribution in [0.1, 0.15) is 22.5 Å². The molecule has 4 rings (SSSR count). The second-order valence-electron chi connectivity index (χ2n) is 6.34. The Morgan fingerprint density at radius 2 is 1.38 bits per heavy atom. The van der Waals surface area contributed by atoms with Crippen LogP contribution in [0.4, 0.5) is 0 Å². The molecule has 0 spiro atoms. The molecule has 1 aliphatic heterocycles. The van der Waals surface area contributed by atoms with Crippen molar-refractivity contribution >= 4 is 16.9 Å². The van der Waals surface area contributed by atoms with Gasteiger partial charge in [-0.3, -0.25) is 4.99 Å². The molecule has 0 fully saturated rings. The molecule has 3 aromatic rings. The zero-order valence-corrected chi connectivity index (χ0v) is 15.0. The fraction of sp³-hybridized carbons (Fsp3) is 0.136. The number of hydrogen-bond donors (Lipinski definition) is 2. The van der Waals surface area contributed by atoms with Gasteiger partial charge in [-0.2, -0.15) is 0 Å². The fourth-order valence-corrected chi connectivity index (χ4v) is 4.37. The van der Waals surface area contributed by atoms with Gasteiger partial charge in [0.05, 0.1) is 11.3 Å². The number of nitrogens with two attached hydrogens (primary N) is 1. The minimum Gasteiger partial charge on any atom is -0.386 e. The van der Waals surface area contributed by atoms with Gasteiger partial charge in [0.2, 0.25) is 0 Å². The van der Waals surface area contributed by atoms with Gasteiger partial charge in [-0.05, 0) is 22.3 Å². The van der Waals surface area contributed by atoms with E-state index in [0.717, 1.165) is 11.1 Å². The zero-order chi connectivity index (χ0) is 17.9. The molecule has 0 unspecified atom stereocenters. The van der Waals surface area contributed by atoms with Gasteiger partial charge in [-0.15, -0.1) is 0 Å².